The van der Waals surface area contributed by atoms with Crippen molar-refractivity contribution in [3.8, 4) is 0 Å². The lowest BCUT2D eigenvalue weighted by Crippen LogP contribution is -2.38. The quantitative estimate of drug-likeness (QED) is 0.487. The second-order valence-corrected chi connectivity index (χ2v) is 4.67. The number of aryl methyl sites for hydroxylation is 1. The Morgan fingerprint density at radius 1 is 1.33 bits per heavy atom. The maximum Gasteiger partial charge on any atom is 0.194 e. The minimum atomic E-state index is 0. The zero-order valence-corrected chi connectivity index (χ0v) is 14.9. The molecule has 2 rings (SSSR count). The monoisotopic (exact) mass is 400 g/mol. The molecular weight excluding hydrogens is 379 g/mol. The third-order valence-electron chi connectivity index (χ3n) is 3.16. The van der Waals surface area contributed by atoms with Crippen LogP contribution in [0.25, 0.3) is 0 Å². The van der Waals surface area contributed by atoms with Crippen molar-refractivity contribution in [2.75, 3.05) is 14.1 Å². The van der Waals surface area contributed by atoms with Crippen LogP contribution < -0.4 is 5.32 Å². The van der Waals surface area contributed by atoms with Gasteiger partial charge in [-0.15, -0.1) is 24.0 Å². The molecule has 114 valence electrons. The largest absolute Gasteiger partial charge is 0.364 e. The van der Waals surface area contributed by atoms with Gasteiger partial charge in [-0.2, -0.15) is 0 Å². The Bertz CT molecular complexity index is 569. The number of aliphatic imine (C=N–C) groups is 1. The molecule has 0 aliphatic rings. The lowest BCUT2D eigenvalue weighted by molar-refractivity contribution is 0.409. The predicted molar refractivity (Wildman–Crippen MR) is 94.8 cm³/mol. The summed E-state index contributed by atoms with van der Waals surface area (Å²) >= 11 is 0. The maximum absolute atomic E-state index is 4.81. The molecule has 0 atom stereocenters. The Morgan fingerprint density at radius 3 is 2.71 bits per heavy atom. The van der Waals surface area contributed by atoms with Gasteiger partial charge >= 0.3 is 0 Å². The van der Waals surface area contributed by atoms with Gasteiger partial charge in [0.2, 0.25) is 0 Å². The van der Waals surface area contributed by atoms with E-state index in [1.807, 2.05) is 13.1 Å². The molecule has 0 aliphatic heterocycles. The fourth-order valence-electron chi connectivity index (χ4n) is 2.00. The Labute approximate surface area is 142 Å². The molecule has 6 heteroatoms. The van der Waals surface area contributed by atoms with Gasteiger partial charge in [-0.25, -0.2) is 0 Å². The number of benzene rings is 1. The number of aromatic nitrogens is 1. The molecule has 0 amide bonds. The van der Waals surface area contributed by atoms with Crippen LogP contribution in [0.2, 0.25) is 0 Å². The van der Waals surface area contributed by atoms with Crippen molar-refractivity contribution in [2.24, 2.45) is 4.99 Å². The van der Waals surface area contributed by atoms with Crippen molar-refractivity contribution in [2.45, 2.75) is 20.0 Å². The zero-order chi connectivity index (χ0) is 14.4. The molecule has 5 nitrogen and oxygen atoms in total. The molecular formula is C15H21IN4O. The number of hydrogen-bond acceptors (Lipinski definition) is 3. The number of nitrogens with zero attached hydrogens (tertiary/aromatic N) is 3. The van der Waals surface area contributed by atoms with Crippen molar-refractivity contribution < 1.29 is 4.52 Å². The second-order valence-electron chi connectivity index (χ2n) is 4.67. The first-order valence-corrected chi connectivity index (χ1v) is 6.56. The Kier molecular flexibility index (Phi) is 7.21. The van der Waals surface area contributed by atoms with E-state index in [9.17, 15) is 0 Å². The van der Waals surface area contributed by atoms with Gasteiger partial charge in [0.25, 0.3) is 0 Å². The highest BCUT2D eigenvalue weighted by Crippen LogP contribution is 2.09. The number of hydrogen-bond donors (Lipinski definition) is 1. The van der Waals surface area contributed by atoms with Gasteiger partial charge in [0, 0.05) is 26.7 Å². The number of nitrogens with one attached hydrogen (secondary N) is 1. The molecule has 0 unspecified atom stereocenters. The maximum atomic E-state index is 4.81. The van der Waals surface area contributed by atoms with Crippen LogP contribution in [0.3, 0.4) is 0 Å². The Hall–Kier alpha value is -1.57. The highest BCUT2D eigenvalue weighted by atomic mass is 127. The summed E-state index contributed by atoms with van der Waals surface area (Å²) in [5.74, 6) is 0.830. The Balaban J connectivity index is 0.00000220. The number of rotatable bonds is 4. The molecule has 0 bridgehead atoms. The smallest absolute Gasteiger partial charge is 0.194 e. The van der Waals surface area contributed by atoms with Gasteiger partial charge in [-0.3, -0.25) is 4.99 Å². The van der Waals surface area contributed by atoms with Crippen LogP contribution in [0.5, 0.6) is 0 Å². The summed E-state index contributed by atoms with van der Waals surface area (Å²) in [4.78, 5) is 6.37. The number of halogens is 1. The SMILES string of the molecule is CN=C(NCc1ccon1)N(C)Cc1ccccc1C.I. The van der Waals surface area contributed by atoms with E-state index < -0.39 is 0 Å². The summed E-state index contributed by atoms with van der Waals surface area (Å²) in [5, 5.41) is 7.13. The highest BCUT2D eigenvalue weighted by Gasteiger charge is 2.08. The van der Waals surface area contributed by atoms with Crippen LogP contribution in [-0.2, 0) is 13.1 Å². The first kappa shape index (κ1) is 17.5. The lowest BCUT2D eigenvalue weighted by Gasteiger charge is -2.22. The van der Waals surface area contributed by atoms with Gasteiger partial charge in [-0.1, -0.05) is 29.4 Å². The molecule has 21 heavy (non-hydrogen) atoms. The second kappa shape index (κ2) is 8.66. The fraction of sp³-hybridized carbons (Fsp3) is 0.333. The molecule has 2 aromatic rings. The normalized spacial score (nSPS) is 10.9. The Morgan fingerprint density at radius 2 is 2.10 bits per heavy atom. The third kappa shape index (κ3) is 5.04. The molecule has 1 aromatic carbocycles. The van der Waals surface area contributed by atoms with Gasteiger partial charge < -0.3 is 14.7 Å². The minimum absolute atomic E-state index is 0. The summed E-state index contributed by atoms with van der Waals surface area (Å²) < 4.78 is 4.81. The van der Waals surface area contributed by atoms with Crippen LogP contribution >= 0.6 is 24.0 Å². The summed E-state index contributed by atoms with van der Waals surface area (Å²) in [7, 11) is 3.80. The summed E-state index contributed by atoms with van der Waals surface area (Å²) in [5.41, 5.74) is 3.43. The van der Waals surface area contributed by atoms with Crippen LogP contribution in [0.1, 0.15) is 16.8 Å². The average molecular weight is 400 g/mol. The van der Waals surface area contributed by atoms with E-state index in [1.165, 1.54) is 11.1 Å². The first-order valence-electron chi connectivity index (χ1n) is 6.56. The summed E-state index contributed by atoms with van der Waals surface area (Å²) in [6, 6.07) is 10.2. The standard InChI is InChI=1S/C15H20N4O.HI/c1-12-6-4-5-7-13(12)11-19(3)15(16-2)17-10-14-8-9-20-18-14;/h4-9H,10-11H2,1-3H3,(H,16,17);1H. The van der Waals surface area contributed by atoms with Crippen molar-refractivity contribution in [1.82, 2.24) is 15.4 Å². The summed E-state index contributed by atoms with van der Waals surface area (Å²) in [6.45, 7) is 3.53. The van der Waals surface area contributed by atoms with Crippen molar-refractivity contribution in [3.05, 3.63) is 53.4 Å². The van der Waals surface area contributed by atoms with E-state index in [2.05, 4.69) is 51.6 Å². The van der Waals surface area contributed by atoms with Gasteiger partial charge in [0.05, 0.1) is 6.54 Å². The first-order chi connectivity index (χ1) is 9.70. The van der Waals surface area contributed by atoms with E-state index in [1.54, 1.807) is 13.3 Å². The average Bonchev–Trinajstić information content (AvgIpc) is 2.95. The molecule has 0 aliphatic carbocycles. The van der Waals surface area contributed by atoms with E-state index in [0.29, 0.717) is 6.54 Å². The molecule has 0 saturated carbocycles. The molecule has 1 heterocycles. The lowest BCUT2D eigenvalue weighted by atomic mass is 10.1. The molecule has 0 spiro atoms. The van der Waals surface area contributed by atoms with Crippen LogP contribution in [0.4, 0.5) is 0 Å². The topological polar surface area (TPSA) is 53.7 Å². The molecule has 0 fully saturated rings. The van der Waals surface area contributed by atoms with Gasteiger partial charge in [-0.05, 0) is 18.1 Å². The number of guanidine groups is 1. The van der Waals surface area contributed by atoms with Gasteiger partial charge in [0.1, 0.15) is 12.0 Å². The van der Waals surface area contributed by atoms with Crippen LogP contribution in [0.15, 0.2) is 46.1 Å². The predicted octanol–water partition coefficient (Wildman–Crippen LogP) is 2.81. The molecule has 1 N–H and O–H groups in total. The van der Waals surface area contributed by atoms with Gasteiger partial charge in [0.15, 0.2) is 5.96 Å². The summed E-state index contributed by atoms with van der Waals surface area (Å²) in [6.07, 6.45) is 1.57. The molecule has 1 aromatic heterocycles. The van der Waals surface area contributed by atoms with Crippen LogP contribution in [-0.4, -0.2) is 30.1 Å². The third-order valence-corrected chi connectivity index (χ3v) is 3.16. The molecule has 0 saturated heterocycles. The fourth-order valence-corrected chi connectivity index (χ4v) is 2.00. The van der Waals surface area contributed by atoms with Crippen molar-refractivity contribution in [3.63, 3.8) is 0 Å². The van der Waals surface area contributed by atoms with E-state index >= 15 is 0 Å². The van der Waals surface area contributed by atoms with Crippen LogP contribution in [0, 0.1) is 6.92 Å². The van der Waals surface area contributed by atoms with E-state index in [-0.39, 0.29) is 24.0 Å². The molecule has 0 radical (unpaired) electrons. The van der Waals surface area contributed by atoms with E-state index in [0.717, 1.165) is 18.2 Å². The van der Waals surface area contributed by atoms with Crippen molar-refractivity contribution >= 4 is 29.9 Å². The van der Waals surface area contributed by atoms with Crippen molar-refractivity contribution in [1.29, 1.82) is 0 Å². The minimum Gasteiger partial charge on any atom is -0.364 e. The van der Waals surface area contributed by atoms with E-state index in [4.69, 9.17) is 4.52 Å². The highest BCUT2D eigenvalue weighted by molar-refractivity contribution is 14.0. The zero-order valence-electron chi connectivity index (χ0n) is 12.5.